The Morgan fingerprint density at radius 2 is 1.74 bits per heavy atom. The predicted molar refractivity (Wildman–Crippen MR) is 120 cm³/mol. The number of nitrogens with zero attached hydrogens (tertiary/aromatic N) is 1. The highest BCUT2D eigenvalue weighted by Gasteiger charge is 2.34. The molecule has 1 aliphatic carbocycles. The Morgan fingerprint density at radius 1 is 0.968 bits per heavy atom. The van der Waals surface area contributed by atoms with E-state index in [4.69, 9.17) is 4.74 Å². The van der Waals surface area contributed by atoms with Gasteiger partial charge in [-0.05, 0) is 52.9 Å². The highest BCUT2D eigenvalue weighted by atomic mass is 16.5. The van der Waals surface area contributed by atoms with Crippen molar-refractivity contribution in [2.24, 2.45) is 5.92 Å². The fraction of sp³-hybridized carbons (Fsp3) is 0.231. The molecule has 1 saturated heterocycles. The first-order valence-corrected chi connectivity index (χ1v) is 10.6. The van der Waals surface area contributed by atoms with E-state index in [1.54, 1.807) is 4.90 Å². The van der Waals surface area contributed by atoms with Crippen LogP contribution >= 0.6 is 0 Å². The number of hydrogen-bond donors (Lipinski definition) is 1. The Balaban J connectivity index is 1.17. The van der Waals surface area contributed by atoms with Gasteiger partial charge in [0, 0.05) is 18.7 Å². The number of rotatable bonds is 6. The molecule has 0 aromatic heterocycles. The summed E-state index contributed by atoms with van der Waals surface area (Å²) in [6.07, 6.45) is 1.12. The molecule has 31 heavy (non-hydrogen) atoms. The Labute approximate surface area is 181 Å². The lowest BCUT2D eigenvalue weighted by molar-refractivity contribution is -0.128. The van der Waals surface area contributed by atoms with E-state index in [1.165, 1.54) is 22.3 Å². The number of hydrogen-bond acceptors (Lipinski definition) is 3. The lowest BCUT2D eigenvalue weighted by atomic mass is 10.0. The summed E-state index contributed by atoms with van der Waals surface area (Å²) in [7, 11) is 0. The van der Waals surface area contributed by atoms with Gasteiger partial charge in [0.05, 0.1) is 12.5 Å². The van der Waals surface area contributed by atoms with Gasteiger partial charge in [-0.15, -0.1) is 0 Å². The van der Waals surface area contributed by atoms with Crippen molar-refractivity contribution in [3.8, 4) is 16.9 Å². The van der Waals surface area contributed by atoms with Crippen molar-refractivity contribution >= 4 is 17.5 Å². The molecular weight excluding hydrogens is 388 g/mol. The van der Waals surface area contributed by atoms with Crippen LogP contribution in [0.4, 0.5) is 5.69 Å². The number of anilines is 1. The van der Waals surface area contributed by atoms with Gasteiger partial charge in [0.1, 0.15) is 12.4 Å². The number of para-hydroxylation sites is 1. The van der Waals surface area contributed by atoms with Gasteiger partial charge in [0.15, 0.2) is 0 Å². The van der Waals surface area contributed by atoms with Gasteiger partial charge in [0.25, 0.3) is 0 Å². The predicted octanol–water partition coefficient (Wildman–Crippen LogP) is 4.12. The van der Waals surface area contributed by atoms with E-state index in [9.17, 15) is 9.59 Å². The second-order valence-electron chi connectivity index (χ2n) is 8.10. The summed E-state index contributed by atoms with van der Waals surface area (Å²) < 4.78 is 5.68. The molecule has 2 amide bonds. The molecule has 156 valence electrons. The molecule has 5 heteroatoms. The van der Waals surface area contributed by atoms with Crippen LogP contribution in [0, 0.1) is 5.92 Å². The molecule has 3 aromatic carbocycles. The molecule has 5 nitrogen and oxygen atoms in total. The van der Waals surface area contributed by atoms with E-state index in [1.807, 2.05) is 36.4 Å². The van der Waals surface area contributed by atoms with Crippen molar-refractivity contribution in [1.29, 1.82) is 0 Å². The van der Waals surface area contributed by atoms with Crippen LogP contribution in [0.2, 0.25) is 0 Å². The SMILES string of the molecule is O=C(Nc1ccc2c(c1)Cc1ccccc1-2)C1CC(=O)N(CCOc2ccccc2)C1. The highest BCUT2D eigenvalue weighted by Crippen LogP contribution is 2.37. The first-order valence-electron chi connectivity index (χ1n) is 10.6. The van der Waals surface area contributed by atoms with Crippen molar-refractivity contribution in [2.45, 2.75) is 12.8 Å². The third-order valence-electron chi connectivity index (χ3n) is 6.02. The van der Waals surface area contributed by atoms with Crippen molar-refractivity contribution in [2.75, 3.05) is 25.0 Å². The van der Waals surface area contributed by atoms with Crippen LogP contribution in [0.5, 0.6) is 5.75 Å². The number of amides is 2. The van der Waals surface area contributed by atoms with E-state index in [-0.39, 0.29) is 24.2 Å². The molecule has 0 spiro atoms. The van der Waals surface area contributed by atoms with Crippen molar-refractivity contribution in [3.63, 3.8) is 0 Å². The maximum Gasteiger partial charge on any atom is 0.229 e. The van der Waals surface area contributed by atoms with Gasteiger partial charge in [-0.3, -0.25) is 9.59 Å². The average molecular weight is 412 g/mol. The monoisotopic (exact) mass is 412 g/mol. The third kappa shape index (κ3) is 4.04. The van der Waals surface area contributed by atoms with Crippen LogP contribution in [0.1, 0.15) is 17.5 Å². The number of benzene rings is 3. The number of nitrogens with one attached hydrogen (secondary N) is 1. The maximum atomic E-state index is 12.8. The summed E-state index contributed by atoms with van der Waals surface area (Å²) in [6.45, 7) is 1.32. The third-order valence-corrected chi connectivity index (χ3v) is 6.02. The van der Waals surface area contributed by atoms with Gasteiger partial charge >= 0.3 is 0 Å². The zero-order valence-corrected chi connectivity index (χ0v) is 17.2. The summed E-state index contributed by atoms with van der Waals surface area (Å²) in [4.78, 5) is 26.9. The highest BCUT2D eigenvalue weighted by molar-refractivity contribution is 5.97. The second-order valence-corrected chi connectivity index (χ2v) is 8.10. The first kappa shape index (κ1) is 19.4. The minimum atomic E-state index is -0.338. The molecule has 1 aliphatic heterocycles. The van der Waals surface area contributed by atoms with Crippen LogP contribution in [0.3, 0.4) is 0 Å². The number of carbonyl (C=O) groups is 2. The molecule has 1 fully saturated rings. The molecular formula is C26H24N2O3. The fourth-order valence-electron chi connectivity index (χ4n) is 4.42. The van der Waals surface area contributed by atoms with Gasteiger partial charge < -0.3 is 15.0 Å². The standard InChI is InChI=1S/C26H24N2O3/c29-25-16-20(17-28(25)12-13-31-22-7-2-1-3-8-22)26(30)27-21-10-11-24-19(15-21)14-18-6-4-5-9-23(18)24/h1-11,15,20H,12-14,16-17H2,(H,27,30). The summed E-state index contributed by atoms with van der Waals surface area (Å²) in [5, 5.41) is 3.01. The first-order chi connectivity index (χ1) is 15.2. The molecule has 5 rings (SSSR count). The second kappa shape index (κ2) is 8.26. The van der Waals surface area contributed by atoms with Gasteiger partial charge in [-0.25, -0.2) is 0 Å². The zero-order valence-electron chi connectivity index (χ0n) is 17.2. The smallest absolute Gasteiger partial charge is 0.229 e. The lowest BCUT2D eigenvalue weighted by Gasteiger charge is -2.17. The minimum Gasteiger partial charge on any atom is -0.492 e. The van der Waals surface area contributed by atoms with E-state index >= 15 is 0 Å². The zero-order chi connectivity index (χ0) is 21.2. The van der Waals surface area contributed by atoms with E-state index in [2.05, 4.69) is 41.7 Å². The summed E-state index contributed by atoms with van der Waals surface area (Å²) in [6, 6.07) is 24.0. The number of carbonyl (C=O) groups excluding carboxylic acids is 2. The summed E-state index contributed by atoms with van der Waals surface area (Å²) in [5.74, 6) is 0.341. The van der Waals surface area contributed by atoms with Crippen molar-refractivity contribution in [1.82, 2.24) is 4.90 Å². The fourth-order valence-corrected chi connectivity index (χ4v) is 4.42. The molecule has 3 aromatic rings. The lowest BCUT2D eigenvalue weighted by Crippen LogP contribution is -2.31. The van der Waals surface area contributed by atoms with Crippen LogP contribution < -0.4 is 10.1 Å². The Hall–Kier alpha value is -3.60. The molecule has 2 aliphatic rings. The number of fused-ring (bicyclic) bond motifs is 3. The van der Waals surface area contributed by atoms with Crippen molar-refractivity contribution < 1.29 is 14.3 Å². The van der Waals surface area contributed by atoms with E-state index in [0.717, 1.165) is 17.9 Å². The molecule has 1 unspecified atom stereocenters. The Kier molecular flexibility index (Phi) is 5.16. The number of likely N-dealkylation sites (tertiary alicyclic amines) is 1. The Morgan fingerprint density at radius 3 is 2.61 bits per heavy atom. The van der Waals surface area contributed by atoms with Crippen LogP contribution in [-0.2, 0) is 16.0 Å². The topological polar surface area (TPSA) is 58.6 Å². The maximum absolute atomic E-state index is 12.8. The van der Waals surface area contributed by atoms with Gasteiger partial charge in [-0.2, -0.15) is 0 Å². The van der Waals surface area contributed by atoms with E-state index in [0.29, 0.717) is 19.7 Å². The molecule has 1 N–H and O–H groups in total. The van der Waals surface area contributed by atoms with Crippen molar-refractivity contribution in [3.05, 3.63) is 83.9 Å². The normalized spacial score (nSPS) is 16.7. The molecule has 0 radical (unpaired) electrons. The summed E-state index contributed by atoms with van der Waals surface area (Å²) in [5.41, 5.74) is 5.83. The van der Waals surface area contributed by atoms with Crippen LogP contribution in [-0.4, -0.2) is 36.4 Å². The van der Waals surface area contributed by atoms with Gasteiger partial charge in [-0.1, -0.05) is 48.5 Å². The molecule has 0 saturated carbocycles. The van der Waals surface area contributed by atoms with Crippen LogP contribution in [0.15, 0.2) is 72.8 Å². The van der Waals surface area contributed by atoms with E-state index < -0.39 is 0 Å². The van der Waals surface area contributed by atoms with Crippen LogP contribution in [0.25, 0.3) is 11.1 Å². The molecule has 0 bridgehead atoms. The summed E-state index contributed by atoms with van der Waals surface area (Å²) >= 11 is 0. The Bertz CT molecular complexity index is 1130. The largest absolute Gasteiger partial charge is 0.492 e. The number of ether oxygens (including phenoxy) is 1. The average Bonchev–Trinajstić information content (AvgIpc) is 3.34. The quantitative estimate of drug-likeness (QED) is 0.518. The van der Waals surface area contributed by atoms with Gasteiger partial charge in [0.2, 0.25) is 11.8 Å². The minimum absolute atomic E-state index is 0.00112. The molecule has 1 atom stereocenters. The molecule has 1 heterocycles.